The van der Waals surface area contributed by atoms with Crippen LogP contribution in [0.4, 0.5) is 0 Å². The Morgan fingerprint density at radius 3 is 1.72 bits per heavy atom. The summed E-state index contributed by atoms with van der Waals surface area (Å²) in [4.78, 5) is 11.5. The SMILES string of the molecule is COC(=O)c1ccc(-c2ccc(B3OC(C)(C)C(C)(C)O3)cc2)cc1. The molecule has 0 aromatic heterocycles. The van der Waals surface area contributed by atoms with Crippen LogP contribution in [0.5, 0.6) is 0 Å². The first kappa shape index (κ1) is 17.7. The Labute approximate surface area is 149 Å². The van der Waals surface area contributed by atoms with Gasteiger partial charge in [-0.25, -0.2) is 4.79 Å². The van der Waals surface area contributed by atoms with Gasteiger partial charge in [-0.3, -0.25) is 0 Å². The van der Waals surface area contributed by atoms with Crippen LogP contribution in [0.1, 0.15) is 38.1 Å². The molecular formula is C20H23BO4. The summed E-state index contributed by atoms with van der Waals surface area (Å²) in [5.41, 5.74) is 2.94. The van der Waals surface area contributed by atoms with Crippen LogP contribution in [-0.4, -0.2) is 31.4 Å². The highest BCUT2D eigenvalue weighted by atomic mass is 16.7. The van der Waals surface area contributed by atoms with E-state index in [0.717, 1.165) is 16.6 Å². The normalized spacial score (nSPS) is 18.2. The van der Waals surface area contributed by atoms with Crippen molar-refractivity contribution in [1.82, 2.24) is 0 Å². The van der Waals surface area contributed by atoms with Crippen molar-refractivity contribution in [3.05, 3.63) is 54.1 Å². The quantitative estimate of drug-likeness (QED) is 0.635. The second-order valence-electron chi connectivity index (χ2n) is 7.28. The minimum atomic E-state index is -0.360. The zero-order valence-electron chi connectivity index (χ0n) is 15.3. The number of carbonyl (C=O) groups is 1. The van der Waals surface area contributed by atoms with E-state index in [2.05, 4.69) is 0 Å². The summed E-state index contributed by atoms with van der Waals surface area (Å²) >= 11 is 0. The van der Waals surface area contributed by atoms with Gasteiger partial charge in [-0.05, 0) is 56.4 Å². The molecule has 0 radical (unpaired) electrons. The standard InChI is InChI=1S/C20H23BO4/c1-19(2)20(3,4)25-21(24-19)17-12-10-15(11-13-17)14-6-8-16(9-7-14)18(22)23-5/h6-13H,1-5H3. The average molecular weight is 338 g/mol. The number of rotatable bonds is 3. The first-order valence-corrected chi connectivity index (χ1v) is 8.38. The van der Waals surface area contributed by atoms with Crippen LogP contribution < -0.4 is 5.46 Å². The van der Waals surface area contributed by atoms with Gasteiger partial charge in [0.15, 0.2) is 0 Å². The molecule has 2 aromatic rings. The number of benzene rings is 2. The summed E-state index contributed by atoms with van der Waals surface area (Å²) in [7, 11) is 1.02. The van der Waals surface area contributed by atoms with E-state index >= 15 is 0 Å². The largest absolute Gasteiger partial charge is 0.494 e. The molecule has 4 nitrogen and oxygen atoms in total. The van der Waals surface area contributed by atoms with Crippen LogP contribution in [0, 0.1) is 0 Å². The maximum absolute atomic E-state index is 11.5. The van der Waals surface area contributed by atoms with Gasteiger partial charge in [-0.2, -0.15) is 0 Å². The molecule has 0 aliphatic carbocycles. The van der Waals surface area contributed by atoms with Gasteiger partial charge in [0.2, 0.25) is 0 Å². The summed E-state index contributed by atoms with van der Waals surface area (Å²) in [5.74, 6) is -0.331. The van der Waals surface area contributed by atoms with E-state index in [1.165, 1.54) is 7.11 Å². The molecule has 1 aliphatic heterocycles. The number of esters is 1. The van der Waals surface area contributed by atoms with Gasteiger partial charge in [-0.1, -0.05) is 36.4 Å². The predicted molar refractivity (Wildman–Crippen MR) is 98.9 cm³/mol. The van der Waals surface area contributed by atoms with Crippen LogP contribution in [-0.2, 0) is 14.0 Å². The fourth-order valence-corrected chi connectivity index (χ4v) is 2.73. The van der Waals surface area contributed by atoms with Crippen molar-refractivity contribution in [3.8, 4) is 11.1 Å². The molecule has 1 aliphatic rings. The van der Waals surface area contributed by atoms with Crippen molar-refractivity contribution in [2.24, 2.45) is 0 Å². The molecule has 0 unspecified atom stereocenters. The van der Waals surface area contributed by atoms with Gasteiger partial charge in [0.05, 0.1) is 23.9 Å². The lowest BCUT2D eigenvalue weighted by atomic mass is 9.78. The van der Waals surface area contributed by atoms with Crippen molar-refractivity contribution in [2.45, 2.75) is 38.9 Å². The topological polar surface area (TPSA) is 44.8 Å². The lowest BCUT2D eigenvalue weighted by Gasteiger charge is -2.32. The first-order valence-electron chi connectivity index (χ1n) is 8.38. The van der Waals surface area contributed by atoms with Crippen molar-refractivity contribution < 1.29 is 18.8 Å². The third kappa shape index (κ3) is 3.35. The predicted octanol–water partition coefficient (Wildman–Crippen LogP) is 3.44. The molecule has 0 amide bonds. The van der Waals surface area contributed by atoms with E-state index < -0.39 is 0 Å². The molecule has 0 atom stereocenters. The van der Waals surface area contributed by atoms with Gasteiger partial charge >= 0.3 is 13.1 Å². The van der Waals surface area contributed by atoms with E-state index in [1.807, 2.05) is 64.1 Å². The molecule has 1 saturated heterocycles. The second-order valence-corrected chi connectivity index (χ2v) is 7.28. The number of carbonyl (C=O) groups excluding carboxylic acids is 1. The van der Waals surface area contributed by atoms with E-state index in [9.17, 15) is 4.79 Å². The third-order valence-electron chi connectivity index (χ3n) is 5.08. The number of methoxy groups -OCH3 is 1. The highest BCUT2D eigenvalue weighted by Gasteiger charge is 2.51. The Morgan fingerprint density at radius 2 is 1.28 bits per heavy atom. The van der Waals surface area contributed by atoms with Gasteiger partial charge in [0.25, 0.3) is 0 Å². The number of hydrogen-bond donors (Lipinski definition) is 0. The summed E-state index contributed by atoms with van der Waals surface area (Å²) in [6.07, 6.45) is 0. The molecule has 5 heteroatoms. The van der Waals surface area contributed by atoms with Crippen LogP contribution in [0.3, 0.4) is 0 Å². The summed E-state index contributed by atoms with van der Waals surface area (Å²) < 4.78 is 16.9. The van der Waals surface area contributed by atoms with Crippen LogP contribution >= 0.6 is 0 Å². The maximum atomic E-state index is 11.5. The van der Waals surface area contributed by atoms with Gasteiger partial charge in [-0.15, -0.1) is 0 Å². The summed E-state index contributed by atoms with van der Waals surface area (Å²) in [5, 5.41) is 0. The Morgan fingerprint density at radius 1 is 0.840 bits per heavy atom. The molecule has 0 N–H and O–H groups in total. The molecule has 0 spiro atoms. The molecule has 0 saturated carbocycles. The minimum absolute atomic E-state index is 0.331. The summed E-state index contributed by atoms with van der Waals surface area (Å²) in [6, 6.07) is 15.5. The Balaban J connectivity index is 1.78. The smallest absolute Gasteiger partial charge is 0.465 e. The molecule has 2 aromatic carbocycles. The third-order valence-corrected chi connectivity index (χ3v) is 5.08. The monoisotopic (exact) mass is 338 g/mol. The van der Waals surface area contributed by atoms with Crippen LogP contribution in [0.25, 0.3) is 11.1 Å². The Hall–Kier alpha value is -2.11. The Bertz CT molecular complexity index is 747. The highest BCUT2D eigenvalue weighted by molar-refractivity contribution is 6.62. The lowest BCUT2D eigenvalue weighted by Crippen LogP contribution is -2.41. The lowest BCUT2D eigenvalue weighted by molar-refractivity contribution is 0.00578. The maximum Gasteiger partial charge on any atom is 0.494 e. The zero-order valence-corrected chi connectivity index (χ0v) is 15.3. The molecular weight excluding hydrogens is 315 g/mol. The van der Waals surface area contributed by atoms with Gasteiger partial charge < -0.3 is 14.0 Å². The fourth-order valence-electron chi connectivity index (χ4n) is 2.73. The number of hydrogen-bond acceptors (Lipinski definition) is 4. The van der Waals surface area contributed by atoms with Crippen molar-refractivity contribution >= 4 is 18.6 Å². The van der Waals surface area contributed by atoms with Crippen molar-refractivity contribution in [2.75, 3.05) is 7.11 Å². The van der Waals surface area contributed by atoms with Gasteiger partial charge in [0, 0.05) is 0 Å². The second kappa shape index (κ2) is 6.32. The van der Waals surface area contributed by atoms with Crippen molar-refractivity contribution in [1.29, 1.82) is 0 Å². The number of ether oxygens (including phenoxy) is 1. The van der Waals surface area contributed by atoms with E-state index in [4.69, 9.17) is 14.0 Å². The zero-order chi connectivity index (χ0) is 18.2. The molecule has 1 heterocycles. The molecule has 130 valence electrons. The highest BCUT2D eigenvalue weighted by Crippen LogP contribution is 2.36. The van der Waals surface area contributed by atoms with Crippen LogP contribution in [0.15, 0.2) is 48.5 Å². The minimum Gasteiger partial charge on any atom is -0.465 e. The Kier molecular flexibility index (Phi) is 4.48. The average Bonchev–Trinajstić information content (AvgIpc) is 2.82. The molecule has 0 bridgehead atoms. The summed E-state index contributed by atoms with van der Waals surface area (Å²) in [6.45, 7) is 8.18. The first-order chi connectivity index (χ1) is 11.7. The molecule has 3 rings (SSSR count). The van der Waals surface area contributed by atoms with E-state index in [1.54, 1.807) is 12.1 Å². The fraction of sp³-hybridized carbons (Fsp3) is 0.350. The van der Waals surface area contributed by atoms with E-state index in [-0.39, 0.29) is 24.3 Å². The molecule has 25 heavy (non-hydrogen) atoms. The van der Waals surface area contributed by atoms with E-state index in [0.29, 0.717) is 5.56 Å². The van der Waals surface area contributed by atoms with Gasteiger partial charge in [0.1, 0.15) is 0 Å². The molecule has 1 fully saturated rings. The van der Waals surface area contributed by atoms with Crippen LogP contribution in [0.2, 0.25) is 0 Å². The van der Waals surface area contributed by atoms with Crippen molar-refractivity contribution in [3.63, 3.8) is 0 Å².